The number of hydrogen-bond donors (Lipinski definition) is 3. The van der Waals surface area contributed by atoms with E-state index in [-0.39, 0.29) is 11.8 Å². The van der Waals surface area contributed by atoms with Crippen molar-refractivity contribution in [2.45, 2.75) is 25.3 Å². The molecule has 3 N–H and O–H groups in total. The molecule has 1 aromatic heterocycles. The van der Waals surface area contributed by atoms with Gasteiger partial charge in [-0.1, -0.05) is 0 Å². The van der Waals surface area contributed by atoms with E-state index in [9.17, 15) is 14.4 Å². The van der Waals surface area contributed by atoms with Crippen LogP contribution in [0.25, 0.3) is 0 Å². The summed E-state index contributed by atoms with van der Waals surface area (Å²) in [5, 5.41) is 8.68. The van der Waals surface area contributed by atoms with Gasteiger partial charge in [-0.2, -0.15) is 4.37 Å². The van der Waals surface area contributed by atoms with E-state index < -0.39 is 11.6 Å². The molecule has 9 heteroatoms. The van der Waals surface area contributed by atoms with Crippen LogP contribution in [0.3, 0.4) is 0 Å². The van der Waals surface area contributed by atoms with Gasteiger partial charge in [0.05, 0.1) is 11.3 Å². The van der Waals surface area contributed by atoms with Crippen molar-refractivity contribution in [1.82, 2.24) is 19.9 Å². The highest BCUT2D eigenvalue weighted by Gasteiger charge is 2.48. The van der Waals surface area contributed by atoms with Crippen molar-refractivity contribution in [3.63, 3.8) is 0 Å². The van der Waals surface area contributed by atoms with Crippen LogP contribution in [0, 0.1) is 6.92 Å². The maximum atomic E-state index is 12.7. The summed E-state index contributed by atoms with van der Waals surface area (Å²) in [5.74, 6) is -0.385. The number of nitrogens with zero attached hydrogens (tertiary/aromatic N) is 2. The van der Waals surface area contributed by atoms with Crippen molar-refractivity contribution in [2.75, 3.05) is 25.5 Å². The third-order valence-electron chi connectivity index (χ3n) is 4.22. The monoisotopic (exact) mass is 323 g/mol. The first-order chi connectivity index (χ1) is 10.5. The summed E-state index contributed by atoms with van der Waals surface area (Å²) in [6.45, 7) is 2.65. The highest BCUT2D eigenvalue weighted by atomic mass is 32.1. The summed E-state index contributed by atoms with van der Waals surface area (Å²) < 4.78 is 4.21. The molecule has 0 saturated carbocycles. The van der Waals surface area contributed by atoms with Crippen LogP contribution in [0.1, 0.15) is 28.9 Å². The Hall–Kier alpha value is -2.16. The minimum Gasteiger partial charge on any atom is -0.378 e. The number of amides is 4. The number of urea groups is 1. The van der Waals surface area contributed by atoms with Crippen LogP contribution in [-0.2, 0) is 4.79 Å². The first-order valence-corrected chi connectivity index (χ1v) is 7.81. The zero-order valence-electron chi connectivity index (χ0n) is 12.4. The van der Waals surface area contributed by atoms with Gasteiger partial charge in [-0.3, -0.25) is 14.9 Å². The van der Waals surface area contributed by atoms with E-state index in [2.05, 4.69) is 20.3 Å². The SMILES string of the molecule is CNc1snc(C)c1C(=O)N1CCC2(CC1)NC(=O)NC2=O. The minimum atomic E-state index is -0.859. The number of likely N-dealkylation sites (tertiary alicyclic amines) is 1. The summed E-state index contributed by atoms with van der Waals surface area (Å²) in [4.78, 5) is 37.6. The van der Waals surface area contributed by atoms with E-state index in [0.29, 0.717) is 37.2 Å². The van der Waals surface area contributed by atoms with Crippen molar-refractivity contribution in [3.05, 3.63) is 11.3 Å². The van der Waals surface area contributed by atoms with E-state index in [0.717, 1.165) is 5.00 Å². The van der Waals surface area contributed by atoms with E-state index in [4.69, 9.17) is 0 Å². The second kappa shape index (κ2) is 5.24. The van der Waals surface area contributed by atoms with Crippen molar-refractivity contribution in [3.8, 4) is 0 Å². The molecule has 1 aromatic rings. The Morgan fingerprint density at radius 2 is 2.05 bits per heavy atom. The van der Waals surface area contributed by atoms with Crippen LogP contribution in [0.4, 0.5) is 9.80 Å². The second-order valence-corrected chi connectivity index (χ2v) is 6.28. The van der Waals surface area contributed by atoms with Gasteiger partial charge in [0.1, 0.15) is 10.5 Å². The van der Waals surface area contributed by atoms with Gasteiger partial charge in [-0.25, -0.2) is 4.79 Å². The molecule has 0 atom stereocenters. The topological polar surface area (TPSA) is 103 Å². The van der Waals surface area contributed by atoms with Gasteiger partial charge in [0.25, 0.3) is 11.8 Å². The van der Waals surface area contributed by atoms with E-state index in [1.54, 1.807) is 18.9 Å². The lowest BCUT2D eigenvalue weighted by Crippen LogP contribution is -2.55. The Labute approximate surface area is 131 Å². The summed E-state index contributed by atoms with van der Waals surface area (Å²) >= 11 is 1.26. The number of aryl methyl sites for hydroxylation is 1. The third-order valence-corrected chi connectivity index (χ3v) is 5.18. The molecule has 3 rings (SSSR count). The third kappa shape index (κ3) is 2.21. The number of hydrogen-bond acceptors (Lipinski definition) is 6. The molecular weight excluding hydrogens is 306 g/mol. The first kappa shape index (κ1) is 14.8. The molecule has 3 heterocycles. The van der Waals surface area contributed by atoms with E-state index >= 15 is 0 Å². The first-order valence-electron chi connectivity index (χ1n) is 7.04. The average Bonchev–Trinajstić information content (AvgIpc) is 2.99. The van der Waals surface area contributed by atoms with Crippen LogP contribution in [-0.4, -0.2) is 52.8 Å². The Kier molecular flexibility index (Phi) is 3.51. The highest BCUT2D eigenvalue weighted by Crippen LogP contribution is 2.30. The number of nitrogens with one attached hydrogen (secondary N) is 3. The molecular formula is C13H17N5O3S. The van der Waals surface area contributed by atoms with Gasteiger partial charge >= 0.3 is 6.03 Å². The number of carbonyl (C=O) groups is 3. The van der Waals surface area contributed by atoms with E-state index in [1.165, 1.54) is 11.5 Å². The zero-order chi connectivity index (χ0) is 15.9. The zero-order valence-corrected chi connectivity index (χ0v) is 13.2. The maximum absolute atomic E-state index is 12.7. The molecule has 0 aromatic carbocycles. The predicted molar refractivity (Wildman–Crippen MR) is 80.9 cm³/mol. The number of piperidine rings is 1. The molecule has 0 aliphatic carbocycles. The lowest BCUT2D eigenvalue weighted by Gasteiger charge is -2.37. The Balaban J connectivity index is 1.74. The molecule has 4 amide bonds. The van der Waals surface area contributed by atoms with Gasteiger partial charge < -0.3 is 15.5 Å². The lowest BCUT2D eigenvalue weighted by molar-refractivity contribution is -0.125. The Morgan fingerprint density at radius 3 is 2.59 bits per heavy atom. The molecule has 2 aliphatic heterocycles. The van der Waals surface area contributed by atoms with Crippen LogP contribution >= 0.6 is 11.5 Å². The standard InChI is InChI=1S/C13H17N5O3S/c1-7-8(9(14-2)22-17-7)10(19)18-5-3-13(4-6-18)11(20)15-12(21)16-13/h14H,3-6H2,1-2H3,(H2,15,16,20,21). The van der Waals surface area contributed by atoms with Gasteiger partial charge in [0, 0.05) is 20.1 Å². The lowest BCUT2D eigenvalue weighted by atomic mass is 9.87. The fraction of sp³-hybridized carbons (Fsp3) is 0.538. The summed E-state index contributed by atoms with van der Waals surface area (Å²) in [6, 6.07) is -0.458. The molecule has 0 unspecified atom stereocenters. The molecule has 8 nitrogen and oxygen atoms in total. The second-order valence-electron chi connectivity index (χ2n) is 5.50. The van der Waals surface area contributed by atoms with Gasteiger partial charge in [0.15, 0.2) is 0 Å². The van der Waals surface area contributed by atoms with Gasteiger partial charge in [0.2, 0.25) is 0 Å². The van der Waals surface area contributed by atoms with Crippen molar-refractivity contribution in [1.29, 1.82) is 0 Å². The van der Waals surface area contributed by atoms with Crippen LogP contribution in [0.15, 0.2) is 0 Å². The van der Waals surface area contributed by atoms with E-state index in [1.807, 2.05) is 0 Å². The summed E-state index contributed by atoms with van der Waals surface area (Å²) in [6.07, 6.45) is 0.837. The van der Waals surface area contributed by atoms with Crippen molar-refractivity contribution < 1.29 is 14.4 Å². The van der Waals surface area contributed by atoms with Crippen LogP contribution < -0.4 is 16.0 Å². The molecule has 0 radical (unpaired) electrons. The van der Waals surface area contributed by atoms with Crippen LogP contribution in [0.2, 0.25) is 0 Å². The quantitative estimate of drug-likeness (QED) is 0.680. The number of rotatable bonds is 2. The normalized spacial score (nSPS) is 20.0. The molecule has 2 aliphatic rings. The summed E-state index contributed by atoms with van der Waals surface area (Å²) in [7, 11) is 1.76. The number of aromatic nitrogens is 1. The molecule has 1 spiro atoms. The molecule has 2 saturated heterocycles. The van der Waals surface area contributed by atoms with Crippen molar-refractivity contribution >= 4 is 34.4 Å². The molecule has 118 valence electrons. The number of anilines is 1. The highest BCUT2D eigenvalue weighted by molar-refractivity contribution is 7.10. The average molecular weight is 323 g/mol. The van der Waals surface area contributed by atoms with Crippen molar-refractivity contribution in [2.24, 2.45) is 0 Å². The fourth-order valence-electron chi connectivity index (χ4n) is 2.92. The molecule has 0 bridgehead atoms. The van der Waals surface area contributed by atoms with Gasteiger partial charge in [-0.15, -0.1) is 0 Å². The number of imide groups is 1. The predicted octanol–water partition coefficient (Wildman–Crippen LogP) is 0.307. The molecule has 2 fully saturated rings. The smallest absolute Gasteiger partial charge is 0.322 e. The maximum Gasteiger partial charge on any atom is 0.322 e. The fourth-order valence-corrected chi connectivity index (χ4v) is 3.66. The largest absolute Gasteiger partial charge is 0.378 e. The summed E-state index contributed by atoms with van der Waals surface area (Å²) in [5.41, 5.74) is 0.427. The van der Waals surface area contributed by atoms with Crippen LogP contribution in [0.5, 0.6) is 0 Å². The molecule has 22 heavy (non-hydrogen) atoms. The van der Waals surface area contributed by atoms with Gasteiger partial charge in [-0.05, 0) is 31.3 Å². The minimum absolute atomic E-state index is 0.0878. The Morgan fingerprint density at radius 1 is 1.36 bits per heavy atom. The Bertz CT molecular complexity index is 648. The number of carbonyl (C=O) groups excluding carboxylic acids is 3.